The maximum absolute atomic E-state index is 11.9. The Balaban J connectivity index is 1.74. The molecule has 1 N–H and O–H groups in total. The Morgan fingerprint density at radius 1 is 1.39 bits per heavy atom. The van der Waals surface area contributed by atoms with E-state index in [-0.39, 0.29) is 11.7 Å². The number of rotatable bonds is 3. The number of furan rings is 1. The van der Waals surface area contributed by atoms with Crippen LogP contribution < -0.4 is 10.5 Å². The van der Waals surface area contributed by atoms with Crippen LogP contribution in [-0.2, 0) is 4.74 Å². The Hall–Kier alpha value is -2.77. The first kappa shape index (κ1) is 15.1. The van der Waals surface area contributed by atoms with Gasteiger partial charge < -0.3 is 19.0 Å². The van der Waals surface area contributed by atoms with Gasteiger partial charge in [-0.15, -0.1) is 0 Å². The summed E-state index contributed by atoms with van der Waals surface area (Å²) in [6.07, 6.45) is 1.23. The summed E-state index contributed by atoms with van der Waals surface area (Å²) < 4.78 is 10.3. The fourth-order valence-corrected chi connectivity index (χ4v) is 2.46. The highest BCUT2D eigenvalue weighted by Crippen LogP contribution is 2.18. The highest BCUT2D eigenvalue weighted by molar-refractivity contribution is 5.68. The fourth-order valence-electron chi connectivity index (χ4n) is 2.46. The van der Waals surface area contributed by atoms with Crippen LogP contribution in [0, 0.1) is 0 Å². The van der Waals surface area contributed by atoms with Crippen molar-refractivity contribution in [1.82, 2.24) is 14.9 Å². The van der Waals surface area contributed by atoms with Crippen LogP contribution in [0.3, 0.4) is 0 Å². The predicted molar refractivity (Wildman–Crippen MR) is 83.4 cm³/mol. The van der Waals surface area contributed by atoms with E-state index in [0.717, 1.165) is 0 Å². The normalized spacial score (nSPS) is 14.8. The van der Waals surface area contributed by atoms with E-state index < -0.39 is 0 Å². The molecule has 122 valence electrons. The van der Waals surface area contributed by atoms with Gasteiger partial charge in [-0.25, -0.2) is 9.78 Å². The first-order valence-electron chi connectivity index (χ1n) is 7.49. The van der Waals surface area contributed by atoms with E-state index in [9.17, 15) is 9.59 Å². The van der Waals surface area contributed by atoms with Gasteiger partial charge in [0.2, 0.25) is 5.95 Å². The first-order chi connectivity index (χ1) is 11.2. The summed E-state index contributed by atoms with van der Waals surface area (Å²) in [6, 6.07) is 4.90. The van der Waals surface area contributed by atoms with Gasteiger partial charge in [-0.3, -0.25) is 9.78 Å². The van der Waals surface area contributed by atoms with E-state index >= 15 is 0 Å². The number of nitrogens with one attached hydrogen (secondary N) is 1. The summed E-state index contributed by atoms with van der Waals surface area (Å²) in [7, 11) is 0. The van der Waals surface area contributed by atoms with Crippen molar-refractivity contribution in [3.63, 3.8) is 0 Å². The quantitative estimate of drug-likeness (QED) is 0.917. The van der Waals surface area contributed by atoms with E-state index in [1.165, 1.54) is 12.3 Å². The molecule has 23 heavy (non-hydrogen) atoms. The average molecular weight is 318 g/mol. The Kier molecular flexibility index (Phi) is 4.31. The molecule has 0 aliphatic carbocycles. The molecule has 8 heteroatoms. The third-order valence-electron chi connectivity index (χ3n) is 3.61. The minimum Gasteiger partial charge on any atom is -0.463 e. The number of anilines is 1. The summed E-state index contributed by atoms with van der Waals surface area (Å²) in [6.45, 7) is 4.33. The van der Waals surface area contributed by atoms with Crippen molar-refractivity contribution < 1.29 is 13.9 Å². The van der Waals surface area contributed by atoms with Crippen LogP contribution in [0.15, 0.2) is 33.7 Å². The maximum Gasteiger partial charge on any atom is 0.409 e. The number of aromatic nitrogens is 2. The molecule has 0 radical (unpaired) electrons. The second-order valence-electron chi connectivity index (χ2n) is 5.10. The number of nitrogens with zero attached hydrogens (tertiary/aromatic N) is 3. The third-order valence-corrected chi connectivity index (χ3v) is 3.61. The molecule has 3 rings (SSSR count). The van der Waals surface area contributed by atoms with Gasteiger partial charge in [-0.2, -0.15) is 0 Å². The van der Waals surface area contributed by atoms with Crippen molar-refractivity contribution >= 4 is 12.0 Å². The average Bonchev–Trinajstić information content (AvgIpc) is 3.09. The molecule has 8 nitrogen and oxygen atoms in total. The van der Waals surface area contributed by atoms with Gasteiger partial charge in [0.1, 0.15) is 5.69 Å². The van der Waals surface area contributed by atoms with Crippen molar-refractivity contribution in [2.45, 2.75) is 6.92 Å². The molecule has 2 aromatic heterocycles. The van der Waals surface area contributed by atoms with Crippen molar-refractivity contribution in [3.05, 3.63) is 34.8 Å². The molecule has 1 saturated heterocycles. The van der Waals surface area contributed by atoms with Gasteiger partial charge >= 0.3 is 6.09 Å². The highest BCUT2D eigenvalue weighted by atomic mass is 16.6. The molecule has 0 aromatic carbocycles. The molecule has 1 fully saturated rings. The van der Waals surface area contributed by atoms with Crippen LogP contribution in [0.2, 0.25) is 0 Å². The zero-order chi connectivity index (χ0) is 16.2. The lowest BCUT2D eigenvalue weighted by Crippen LogP contribution is -2.49. The molecule has 3 heterocycles. The highest BCUT2D eigenvalue weighted by Gasteiger charge is 2.23. The molecule has 1 amide bonds. The fraction of sp³-hybridized carbons (Fsp3) is 0.400. The number of piperazine rings is 1. The molecule has 1 aliphatic rings. The SMILES string of the molecule is CCOC(=O)N1CCN(c2nc(-c3ccco3)cc(=O)[nH]2)CC1. The summed E-state index contributed by atoms with van der Waals surface area (Å²) in [5.74, 6) is 1.02. The smallest absolute Gasteiger partial charge is 0.409 e. The number of carbonyl (C=O) groups excluding carboxylic acids is 1. The molecule has 0 unspecified atom stereocenters. The zero-order valence-corrected chi connectivity index (χ0v) is 12.8. The molecule has 0 bridgehead atoms. The lowest BCUT2D eigenvalue weighted by molar-refractivity contribution is 0.105. The number of H-pyrrole nitrogens is 1. The minimum absolute atomic E-state index is 0.241. The van der Waals surface area contributed by atoms with Gasteiger partial charge in [-0.05, 0) is 19.1 Å². The Labute approximate surface area is 132 Å². The van der Waals surface area contributed by atoms with E-state index in [1.807, 2.05) is 4.90 Å². The molecular weight excluding hydrogens is 300 g/mol. The van der Waals surface area contributed by atoms with Crippen LogP contribution in [-0.4, -0.2) is 53.7 Å². The van der Waals surface area contributed by atoms with E-state index in [1.54, 1.807) is 24.0 Å². The summed E-state index contributed by atoms with van der Waals surface area (Å²) in [5, 5.41) is 0. The topological polar surface area (TPSA) is 91.7 Å². The van der Waals surface area contributed by atoms with Crippen molar-refractivity contribution in [2.24, 2.45) is 0 Å². The maximum atomic E-state index is 11.9. The van der Waals surface area contributed by atoms with Gasteiger partial charge in [0.15, 0.2) is 5.76 Å². The lowest BCUT2D eigenvalue weighted by atomic mass is 10.3. The molecule has 1 aliphatic heterocycles. The van der Waals surface area contributed by atoms with Gasteiger partial charge in [0, 0.05) is 32.2 Å². The Bertz CT molecular complexity index is 717. The van der Waals surface area contributed by atoms with Crippen molar-refractivity contribution in [2.75, 3.05) is 37.7 Å². The largest absolute Gasteiger partial charge is 0.463 e. The lowest BCUT2D eigenvalue weighted by Gasteiger charge is -2.34. The van der Waals surface area contributed by atoms with Crippen LogP contribution in [0.25, 0.3) is 11.5 Å². The van der Waals surface area contributed by atoms with Gasteiger partial charge in [0.25, 0.3) is 5.56 Å². The van der Waals surface area contributed by atoms with Crippen LogP contribution >= 0.6 is 0 Å². The molecule has 2 aromatic rings. The zero-order valence-electron chi connectivity index (χ0n) is 12.8. The number of hydrogen-bond acceptors (Lipinski definition) is 6. The van der Waals surface area contributed by atoms with Gasteiger partial charge in [-0.1, -0.05) is 0 Å². The first-order valence-corrected chi connectivity index (χ1v) is 7.49. The number of carbonyl (C=O) groups is 1. The summed E-state index contributed by atoms with van der Waals surface area (Å²) in [5.41, 5.74) is 0.246. The Morgan fingerprint density at radius 3 is 2.83 bits per heavy atom. The monoisotopic (exact) mass is 318 g/mol. The van der Waals surface area contributed by atoms with E-state index in [2.05, 4.69) is 9.97 Å². The molecule has 0 saturated carbocycles. The molecular formula is C15H18N4O4. The van der Waals surface area contributed by atoms with Crippen LogP contribution in [0.1, 0.15) is 6.92 Å². The number of aromatic amines is 1. The van der Waals surface area contributed by atoms with Crippen LogP contribution in [0.4, 0.5) is 10.7 Å². The van der Waals surface area contributed by atoms with E-state index in [4.69, 9.17) is 9.15 Å². The van der Waals surface area contributed by atoms with E-state index in [0.29, 0.717) is 50.2 Å². The van der Waals surface area contributed by atoms with Crippen molar-refractivity contribution in [1.29, 1.82) is 0 Å². The number of amides is 1. The van der Waals surface area contributed by atoms with Crippen molar-refractivity contribution in [3.8, 4) is 11.5 Å². The molecule has 0 atom stereocenters. The predicted octanol–water partition coefficient (Wildman–Crippen LogP) is 1.31. The Morgan fingerprint density at radius 2 is 2.17 bits per heavy atom. The number of ether oxygens (including phenoxy) is 1. The molecule has 0 spiro atoms. The second kappa shape index (κ2) is 6.55. The third kappa shape index (κ3) is 3.36. The van der Waals surface area contributed by atoms with Gasteiger partial charge in [0.05, 0.1) is 12.9 Å². The second-order valence-corrected chi connectivity index (χ2v) is 5.10. The standard InChI is InChI=1S/C15H18N4O4/c1-2-22-15(21)19-7-5-18(6-8-19)14-16-11(10-13(20)17-14)12-4-3-9-23-12/h3-4,9-10H,2,5-8H2,1H3,(H,16,17,20). The summed E-state index contributed by atoms with van der Waals surface area (Å²) in [4.78, 5) is 34.3. The van der Waals surface area contributed by atoms with Crippen LogP contribution in [0.5, 0.6) is 0 Å². The number of hydrogen-bond donors (Lipinski definition) is 1. The summed E-state index contributed by atoms with van der Waals surface area (Å²) >= 11 is 0. The minimum atomic E-state index is -0.307.